The van der Waals surface area contributed by atoms with Crippen molar-refractivity contribution >= 4 is 33.3 Å². The summed E-state index contributed by atoms with van der Waals surface area (Å²) in [6.07, 6.45) is 1.59. The topological polar surface area (TPSA) is 84.1 Å². The van der Waals surface area contributed by atoms with Gasteiger partial charge in [0.1, 0.15) is 23.0 Å². The highest BCUT2D eigenvalue weighted by Gasteiger charge is 2.25. The molecule has 2 aromatic heterocycles. The number of fused-ring (bicyclic) bond motifs is 1. The predicted molar refractivity (Wildman–Crippen MR) is 96.0 cm³/mol. The summed E-state index contributed by atoms with van der Waals surface area (Å²) in [5.41, 5.74) is 6.61. The summed E-state index contributed by atoms with van der Waals surface area (Å²) < 4.78 is 0. The Morgan fingerprint density at radius 1 is 1.29 bits per heavy atom. The molecule has 4 rings (SSSR count). The molecule has 6 nitrogen and oxygen atoms in total. The van der Waals surface area contributed by atoms with Gasteiger partial charge in [-0.05, 0) is 11.6 Å². The number of hydrogen-bond donors (Lipinski definition) is 2. The van der Waals surface area contributed by atoms with E-state index in [1.165, 1.54) is 5.56 Å². The maximum Gasteiger partial charge on any atom is 0.236 e. The Kier molecular flexibility index (Phi) is 3.87. The number of nitrogens with one attached hydrogen (secondary N) is 1. The van der Waals surface area contributed by atoms with Crippen molar-refractivity contribution in [1.29, 1.82) is 0 Å². The summed E-state index contributed by atoms with van der Waals surface area (Å²) in [5, 5.41) is 4.16. The lowest BCUT2D eigenvalue weighted by molar-refractivity contribution is -0.120. The smallest absolute Gasteiger partial charge is 0.236 e. The first-order valence-electron chi connectivity index (χ1n) is 7.80. The zero-order valence-corrected chi connectivity index (χ0v) is 13.8. The first kappa shape index (κ1) is 15.0. The number of nitrogens with zero attached hydrogens (tertiary/aromatic N) is 3. The molecule has 1 amide bonds. The van der Waals surface area contributed by atoms with Crippen molar-refractivity contribution in [2.24, 2.45) is 5.73 Å². The summed E-state index contributed by atoms with van der Waals surface area (Å²) in [5.74, 6) is 0.534. The van der Waals surface area contributed by atoms with Gasteiger partial charge in [0.05, 0.1) is 5.39 Å². The second-order valence-electron chi connectivity index (χ2n) is 5.75. The van der Waals surface area contributed by atoms with E-state index in [1.54, 1.807) is 17.7 Å². The third kappa shape index (κ3) is 2.72. The first-order valence-corrected chi connectivity index (χ1v) is 8.61. The van der Waals surface area contributed by atoms with Crippen molar-refractivity contribution in [2.45, 2.75) is 6.04 Å². The lowest BCUT2D eigenvalue weighted by Crippen LogP contribution is -2.56. The Labute approximate surface area is 143 Å². The fourth-order valence-electron chi connectivity index (χ4n) is 2.97. The Bertz CT molecular complexity index is 879. The lowest BCUT2D eigenvalue weighted by Gasteiger charge is -2.33. The van der Waals surface area contributed by atoms with Crippen LogP contribution < -0.4 is 16.0 Å². The highest BCUT2D eigenvalue weighted by atomic mass is 32.1. The quantitative estimate of drug-likeness (QED) is 0.757. The summed E-state index contributed by atoms with van der Waals surface area (Å²) in [7, 11) is 0. The third-order valence-corrected chi connectivity index (χ3v) is 5.28. The van der Waals surface area contributed by atoms with Crippen molar-refractivity contribution in [2.75, 3.05) is 24.5 Å². The zero-order chi connectivity index (χ0) is 16.5. The molecule has 122 valence electrons. The van der Waals surface area contributed by atoms with Crippen LogP contribution in [0, 0.1) is 0 Å². The van der Waals surface area contributed by atoms with E-state index >= 15 is 0 Å². The predicted octanol–water partition coefficient (Wildman–Crippen LogP) is 1.62. The summed E-state index contributed by atoms with van der Waals surface area (Å²) >= 11 is 1.65. The average molecular weight is 339 g/mol. The first-order chi connectivity index (χ1) is 11.7. The van der Waals surface area contributed by atoms with Crippen molar-refractivity contribution in [3.8, 4) is 10.4 Å². The SMILES string of the molecule is NC(=O)[C@H]1CN(c2ncnc3sc(-c4ccccc4)cc23)CCN1. The fraction of sp³-hybridized carbons (Fsp3) is 0.235. The molecule has 1 atom stereocenters. The number of rotatable bonds is 3. The van der Waals surface area contributed by atoms with E-state index in [1.807, 2.05) is 18.2 Å². The van der Waals surface area contributed by atoms with E-state index in [0.717, 1.165) is 27.5 Å². The van der Waals surface area contributed by atoms with Gasteiger partial charge in [0.25, 0.3) is 0 Å². The molecular formula is C17H17N5OS. The molecule has 1 aromatic carbocycles. The molecule has 0 saturated carbocycles. The van der Waals surface area contributed by atoms with E-state index < -0.39 is 0 Å². The van der Waals surface area contributed by atoms with Crippen LogP contribution in [-0.4, -0.2) is 41.6 Å². The van der Waals surface area contributed by atoms with E-state index in [0.29, 0.717) is 13.1 Å². The van der Waals surface area contributed by atoms with Crippen molar-refractivity contribution in [3.63, 3.8) is 0 Å². The average Bonchev–Trinajstić information content (AvgIpc) is 3.07. The van der Waals surface area contributed by atoms with Gasteiger partial charge in [-0.1, -0.05) is 30.3 Å². The van der Waals surface area contributed by atoms with E-state index in [4.69, 9.17) is 5.73 Å². The number of carbonyl (C=O) groups excluding carboxylic acids is 1. The fourth-order valence-corrected chi connectivity index (χ4v) is 3.97. The van der Waals surface area contributed by atoms with Crippen LogP contribution in [-0.2, 0) is 4.79 Å². The maximum absolute atomic E-state index is 11.5. The van der Waals surface area contributed by atoms with Gasteiger partial charge in [0.2, 0.25) is 5.91 Å². The molecule has 3 heterocycles. The van der Waals surface area contributed by atoms with Gasteiger partial charge in [0.15, 0.2) is 0 Å². The van der Waals surface area contributed by atoms with Crippen molar-refractivity contribution in [3.05, 3.63) is 42.7 Å². The normalized spacial score (nSPS) is 18.0. The standard InChI is InChI=1S/C17H17N5OS/c18-15(23)13-9-22(7-6-19-13)16-12-8-14(11-4-2-1-3-5-11)24-17(12)21-10-20-16/h1-5,8,10,13,19H,6-7,9H2,(H2,18,23)/t13-/m1/s1. The maximum atomic E-state index is 11.5. The number of carbonyl (C=O) groups is 1. The van der Waals surface area contributed by atoms with Crippen molar-refractivity contribution in [1.82, 2.24) is 15.3 Å². The molecule has 1 aliphatic heterocycles. The minimum absolute atomic E-state index is 0.333. The number of anilines is 1. The number of piperazine rings is 1. The Morgan fingerprint density at radius 3 is 2.92 bits per heavy atom. The number of aromatic nitrogens is 2. The number of amides is 1. The lowest BCUT2D eigenvalue weighted by atomic mass is 10.1. The van der Waals surface area contributed by atoms with Crippen LogP contribution >= 0.6 is 11.3 Å². The second-order valence-corrected chi connectivity index (χ2v) is 6.78. The highest BCUT2D eigenvalue weighted by molar-refractivity contribution is 7.21. The van der Waals surface area contributed by atoms with Crippen LogP contribution in [0.15, 0.2) is 42.7 Å². The molecule has 1 fully saturated rings. The van der Waals surface area contributed by atoms with Gasteiger partial charge < -0.3 is 16.0 Å². The highest BCUT2D eigenvalue weighted by Crippen LogP contribution is 2.36. The van der Waals surface area contributed by atoms with Crippen LogP contribution in [0.2, 0.25) is 0 Å². The Morgan fingerprint density at radius 2 is 2.12 bits per heavy atom. The number of thiophene rings is 1. The monoisotopic (exact) mass is 339 g/mol. The molecule has 0 spiro atoms. The number of nitrogens with two attached hydrogens (primary N) is 1. The molecule has 24 heavy (non-hydrogen) atoms. The summed E-state index contributed by atoms with van der Waals surface area (Å²) in [6, 6.07) is 12.0. The van der Waals surface area contributed by atoms with E-state index in [9.17, 15) is 4.79 Å². The Hall–Kier alpha value is -2.51. The van der Waals surface area contributed by atoms with Gasteiger partial charge in [-0.2, -0.15) is 0 Å². The van der Waals surface area contributed by atoms with Crippen LogP contribution in [0.25, 0.3) is 20.7 Å². The molecule has 1 saturated heterocycles. The minimum Gasteiger partial charge on any atom is -0.368 e. The molecule has 7 heteroatoms. The summed E-state index contributed by atoms with van der Waals surface area (Å²) in [4.78, 5) is 24.6. The van der Waals surface area contributed by atoms with Gasteiger partial charge in [-0.15, -0.1) is 11.3 Å². The van der Waals surface area contributed by atoms with E-state index in [2.05, 4.69) is 38.4 Å². The molecule has 0 aliphatic carbocycles. The molecule has 0 bridgehead atoms. The van der Waals surface area contributed by atoms with Crippen LogP contribution in [0.5, 0.6) is 0 Å². The molecule has 3 aromatic rings. The number of hydrogen-bond acceptors (Lipinski definition) is 6. The number of primary amides is 1. The molecule has 1 aliphatic rings. The van der Waals surface area contributed by atoms with Gasteiger partial charge in [0, 0.05) is 24.5 Å². The van der Waals surface area contributed by atoms with Crippen LogP contribution in [0.1, 0.15) is 0 Å². The minimum atomic E-state index is -0.351. The van der Waals surface area contributed by atoms with Gasteiger partial charge in [-0.3, -0.25) is 4.79 Å². The molecule has 0 unspecified atom stereocenters. The van der Waals surface area contributed by atoms with Gasteiger partial charge in [-0.25, -0.2) is 9.97 Å². The largest absolute Gasteiger partial charge is 0.368 e. The Balaban J connectivity index is 1.74. The van der Waals surface area contributed by atoms with Crippen molar-refractivity contribution < 1.29 is 4.79 Å². The van der Waals surface area contributed by atoms with Gasteiger partial charge >= 0.3 is 0 Å². The van der Waals surface area contributed by atoms with Crippen LogP contribution in [0.4, 0.5) is 5.82 Å². The summed E-state index contributed by atoms with van der Waals surface area (Å²) in [6.45, 7) is 2.01. The molecule has 3 N–H and O–H groups in total. The zero-order valence-electron chi connectivity index (χ0n) is 13.0. The third-order valence-electron chi connectivity index (χ3n) is 4.19. The number of benzene rings is 1. The van der Waals surface area contributed by atoms with E-state index in [-0.39, 0.29) is 11.9 Å². The van der Waals surface area contributed by atoms with Crippen LogP contribution in [0.3, 0.4) is 0 Å². The second kappa shape index (κ2) is 6.18. The molecule has 0 radical (unpaired) electrons. The molecular weight excluding hydrogens is 322 g/mol.